The molecule has 0 amide bonds. The van der Waals surface area contributed by atoms with Crippen LogP contribution < -0.4 is 4.72 Å². The van der Waals surface area contributed by atoms with Gasteiger partial charge in [0.1, 0.15) is 0 Å². The fourth-order valence-electron chi connectivity index (χ4n) is 2.08. The summed E-state index contributed by atoms with van der Waals surface area (Å²) in [4.78, 5) is 11.4. The van der Waals surface area contributed by atoms with E-state index in [-0.39, 0.29) is 10.9 Å². The molecule has 6 heteroatoms. The van der Waals surface area contributed by atoms with Crippen LogP contribution in [0.15, 0.2) is 41.3 Å². The Hall–Kier alpha value is -1.66. The van der Waals surface area contributed by atoms with Gasteiger partial charge in [-0.1, -0.05) is 12.2 Å². The minimum atomic E-state index is -3.55. The van der Waals surface area contributed by atoms with Crippen LogP contribution in [0.3, 0.4) is 0 Å². The number of methoxy groups -OCH3 is 1. The van der Waals surface area contributed by atoms with Gasteiger partial charge in [0.2, 0.25) is 10.0 Å². The zero-order valence-corrected chi connectivity index (χ0v) is 12.0. The van der Waals surface area contributed by atoms with Crippen molar-refractivity contribution in [2.24, 2.45) is 0 Å². The smallest absolute Gasteiger partial charge is 0.337 e. The highest BCUT2D eigenvalue weighted by atomic mass is 32.2. The Bertz CT molecular complexity index is 605. The maximum atomic E-state index is 12.2. The number of allylic oxidation sites excluding steroid dienone is 1. The summed E-state index contributed by atoms with van der Waals surface area (Å²) in [7, 11) is -2.26. The summed E-state index contributed by atoms with van der Waals surface area (Å²) in [6.07, 6.45) is 6.43. The summed E-state index contributed by atoms with van der Waals surface area (Å²) in [5, 5.41) is 0. The van der Waals surface area contributed by atoms with E-state index >= 15 is 0 Å². The maximum absolute atomic E-state index is 12.2. The number of benzene rings is 1. The van der Waals surface area contributed by atoms with Crippen molar-refractivity contribution < 1.29 is 17.9 Å². The molecule has 20 heavy (non-hydrogen) atoms. The molecule has 1 aliphatic rings. The topological polar surface area (TPSA) is 72.5 Å². The van der Waals surface area contributed by atoms with Crippen LogP contribution in [0, 0.1) is 0 Å². The molecule has 1 aromatic carbocycles. The van der Waals surface area contributed by atoms with Crippen LogP contribution in [0.2, 0.25) is 0 Å². The second-order valence-electron chi connectivity index (χ2n) is 4.62. The molecule has 1 aromatic rings. The SMILES string of the molecule is COC(=O)c1ccc(S(=O)(=O)NC2CC=CCC2)cc1. The van der Waals surface area contributed by atoms with E-state index in [4.69, 9.17) is 0 Å². The fraction of sp³-hybridized carbons (Fsp3) is 0.357. The third kappa shape index (κ3) is 3.46. The molecule has 0 bridgehead atoms. The van der Waals surface area contributed by atoms with E-state index in [1.165, 1.54) is 31.4 Å². The zero-order valence-electron chi connectivity index (χ0n) is 11.2. The predicted octanol–water partition coefficient (Wildman–Crippen LogP) is 1.86. The summed E-state index contributed by atoms with van der Waals surface area (Å²) in [6.45, 7) is 0. The monoisotopic (exact) mass is 295 g/mol. The van der Waals surface area contributed by atoms with Gasteiger partial charge >= 0.3 is 5.97 Å². The van der Waals surface area contributed by atoms with Gasteiger partial charge in [-0.15, -0.1) is 0 Å². The molecule has 1 N–H and O–H groups in total. The number of rotatable bonds is 4. The van der Waals surface area contributed by atoms with Crippen LogP contribution in [0.1, 0.15) is 29.6 Å². The summed E-state index contributed by atoms with van der Waals surface area (Å²) in [5.74, 6) is -0.487. The Morgan fingerprint density at radius 1 is 1.25 bits per heavy atom. The molecule has 0 aromatic heterocycles. The van der Waals surface area contributed by atoms with E-state index in [0.29, 0.717) is 12.0 Å². The lowest BCUT2D eigenvalue weighted by atomic mass is 10.0. The number of carbonyl (C=O) groups is 1. The van der Waals surface area contributed by atoms with Gasteiger partial charge in [0.15, 0.2) is 0 Å². The van der Waals surface area contributed by atoms with Crippen molar-refractivity contribution in [2.45, 2.75) is 30.2 Å². The third-order valence-electron chi connectivity index (χ3n) is 3.18. The molecular weight excluding hydrogens is 278 g/mol. The normalized spacial score (nSPS) is 18.8. The summed E-state index contributed by atoms with van der Waals surface area (Å²) >= 11 is 0. The van der Waals surface area contributed by atoms with Gasteiger partial charge < -0.3 is 4.74 Å². The first-order chi connectivity index (χ1) is 9.53. The van der Waals surface area contributed by atoms with Gasteiger partial charge in [-0.25, -0.2) is 17.9 Å². The molecular formula is C14H17NO4S. The lowest BCUT2D eigenvalue weighted by Gasteiger charge is -2.19. The molecule has 0 saturated heterocycles. The van der Waals surface area contributed by atoms with Crippen molar-refractivity contribution in [1.29, 1.82) is 0 Å². The van der Waals surface area contributed by atoms with Crippen molar-refractivity contribution in [3.8, 4) is 0 Å². The Labute approximate surface area is 118 Å². The quantitative estimate of drug-likeness (QED) is 0.680. The fourth-order valence-corrected chi connectivity index (χ4v) is 3.36. The molecule has 0 radical (unpaired) electrons. The second-order valence-corrected chi connectivity index (χ2v) is 6.33. The van der Waals surface area contributed by atoms with E-state index in [0.717, 1.165) is 12.8 Å². The molecule has 5 nitrogen and oxygen atoms in total. The number of hydrogen-bond acceptors (Lipinski definition) is 4. The van der Waals surface area contributed by atoms with Crippen LogP contribution in [0.5, 0.6) is 0 Å². The van der Waals surface area contributed by atoms with Crippen molar-refractivity contribution >= 4 is 16.0 Å². The predicted molar refractivity (Wildman–Crippen MR) is 74.9 cm³/mol. The summed E-state index contributed by atoms with van der Waals surface area (Å²) in [5.41, 5.74) is 0.326. The van der Waals surface area contributed by atoms with Gasteiger partial charge in [-0.05, 0) is 43.5 Å². The Morgan fingerprint density at radius 3 is 2.50 bits per heavy atom. The van der Waals surface area contributed by atoms with Crippen LogP contribution in [-0.4, -0.2) is 27.5 Å². The molecule has 0 heterocycles. The molecule has 108 valence electrons. The average Bonchev–Trinajstić information content (AvgIpc) is 2.47. The zero-order chi connectivity index (χ0) is 14.6. The molecule has 0 aliphatic heterocycles. The second kappa shape index (κ2) is 6.19. The highest BCUT2D eigenvalue weighted by Crippen LogP contribution is 2.16. The van der Waals surface area contributed by atoms with E-state index in [2.05, 4.69) is 15.5 Å². The van der Waals surface area contributed by atoms with Crippen molar-refractivity contribution in [3.63, 3.8) is 0 Å². The first kappa shape index (κ1) is 14.7. The number of nitrogens with one attached hydrogen (secondary N) is 1. The van der Waals surface area contributed by atoms with Gasteiger partial charge in [0, 0.05) is 6.04 Å². The third-order valence-corrected chi connectivity index (χ3v) is 4.71. The average molecular weight is 295 g/mol. The van der Waals surface area contributed by atoms with E-state index in [9.17, 15) is 13.2 Å². The van der Waals surface area contributed by atoms with Gasteiger partial charge in [-0.3, -0.25) is 0 Å². The largest absolute Gasteiger partial charge is 0.465 e. The van der Waals surface area contributed by atoms with Gasteiger partial charge in [0.05, 0.1) is 17.6 Å². The number of carbonyl (C=O) groups excluding carboxylic acids is 1. The molecule has 1 atom stereocenters. The maximum Gasteiger partial charge on any atom is 0.337 e. The Balaban J connectivity index is 2.13. The van der Waals surface area contributed by atoms with Gasteiger partial charge in [0.25, 0.3) is 0 Å². The van der Waals surface area contributed by atoms with E-state index < -0.39 is 16.0 Å². The number of esters is 1. The van der Waals surface area contributed by atoms with Crippen LogP contribution >= 0.6 is 0 Å². The summed E-state index contributed by atoms with van der Waals surface area (Å²) in [6, 6.07) is 5.65. The van der Waals surface area contributed by atoms with Crippen molar-refractivity contribution in [3.05, 3.63) is 42.0 Å². The molecule has 0 spiro atoms. The molecule has 1 aliphatic carbocycles. The molecule has 0 fully saturated rings. The number of ether oxygens (including phenoxy) is 1. The number of sulfonamides is 1. The molecule has 2 rings (SSSR count). The highest BCUT2D eigenvalue weighted by Gasteiger charge is 2.20. The molecule has 1 unspecified atom stereocenters. The van der Waals surface area contributed by atoms with Crippen molar-refractivity contribution in [1.82, 2.24) is 4.72 Å². The van der Waals surface area contributed by atoms with Gasteiger partial charge in [-0.2, -0.15) is 0 Å². The lowest BCUT2D eigenvalue weighted by molar-refractivity contribution is 0.0600. The van der Waals surface area contributed by atoms with E-state index in [1.807, 2.05) is 6.08 Å². The molecule has 0 saturated carbocycles. The minimum absolute atomic E-state index is 0.0646. The number of hydrogen-bond donors (Lipinski definition) is 1. The first-order valence-electron chi connectivity index (χ1n) is 6.38. The van der Waals surface area contributed by atoms with Crippen LogP contribution in [0.4, 0.5) is 0 Å². The lowest BCUT2D eigenvalue weighted by Crippen LogP contribution is -2.35. The highest BCUT2D eigenvalue weighted by molar-refractivity contribution is 7.89. The van der Waals surface area contributed by atoms with E-state index in [1.54, 1.807) is 0 Å². The van der Waals surface area contributed by atoms with Crippen LogP contribution in [0.25, 0.3) is 0 Å². The van der Waals surface area contributed by atoms with Crippen molar-refractivity contribution in [2.75, 3.05) is 7.11 Å². The Morgan fingerprint density at radius 2 is 1.95 bits per heavy atom. The standard InChI is InChI=1S/C14H17NO4S/c1-19-14(16)11-7-9-13(10-8-11)20(17,18)15-12-5-3-2-4-6-12/h2-3,7-10,12,15H,4-6H2,1H3. The minimum Gasteiger partial charge on any atom is -0.465 e. The first-order valence-corrected chi connectivity index (χ1v) is 7.87. The summed E-state index contributed by atoms with van der Waals surface area (Å²) < 4.78 is 31.7. The Kier molecular flexibility index (Phi) is 4.57. The van der Waals surface area contributed by atoms with Crippen LogP contribution in [-0.2, 0) is 14.8 Å².